The van der Waals surface area contributed by atoms with E-state index in [2.05, 4.69) is 12.1 Å². The average molecular weight is 202 g/mol. The number of amides is 2. The van der Waals surface area contributed by atoms with Crippen LogP contribution in [0.3, 0.4) is 0 Å². The standard InChI is InChI=1S/C12H14N2O/c1-13(2)12(15)14-8-7-10-5-3-4-6-11(10)9-14/h3-8H,9H2,1-2H3. The highest BCUT2D eigenvalue weighted by molar-refractivity contribution is 5.77. The first-order valence-corrected chi connectivity index (χ1v) is 4.92. The van der Waals surface area contributed by atoms with Crippen LogP contribution in [0.1, 0.15) is 11.1 Å². The summed E-state index contributed by atoms with van der Waals surface area (Å²) in [5.74, 6) is 0. The lowest BCUT2D eigenvalue weighted by Crippen LogP contribution is -2.36. The maximum atomic E-state index is 11.7. The monoisotopic (exact) mass is 202 g/mol. The molecule has 3 heteroatoms. The smallest absolute Gasteiger partial charge is 0.323 e. The molecule has 3 nitrogen and oxygen atoms in total. The first kappa shape index (κ1) is 9.77. The number of fused-ring (bicyclic) bond motifs is 1. The molecule has 0 radical (unpaired) electrons. The topological polar surface area (TPSA) is 23.6 Å². The molecular formula is C12H14N2O. The third-order valence-corrected chi connectivity index (χ3v) is 2.46. The third kappa shape index (κ3) is 1.86. The van der Waals surface area contributed by atoms with Crippen LogP contribution < -0.4 is 0 Å². The van der Waals surface area contributed by atoms with Crippen LogP contribution in [0.25, 0.3) is 6.08 Å². The van der Waals surface area contributed by atoms with Crippen molar-refractivity contribution in [3.05, 3.63) is 41.6 Å². The highest BCUT2D eigenvalue weighted by atomic mass is 16.2. The van der Waals surface area contributed by atoms with Gasteiger partial charge in [-0.05, 0) is 17.2 Å². The fourth-order valence-electron chi connectivity index (χ4n) is 1.64. The largest absolute Gasteiger partial charge is 0.330 e. The van der Waals surface area contributed by atoms with E-state index in [4.69, 9.17) is 0 Å². The number of hydrogen-bond donors (Lipinski definition) is 0. The molecule has 0 saturated carbocycles. The Morgan fingerprint density at radius 1 is 1.33 bits per heavy atom. The maximum Gasteiger partial charge on any atom is 0.323 e. The Balaban J connectivity index is 2.23. The van der Waals surface area contributed by atoms with Crippen LogP contribution in [0.15, 0.2) is 30.5 Å². The summed E-state index contributed by atoms with van der Waals surface area (Å²) in [5.41, 5.74) is 2.38. The van der Waals surface area contributed by atoms with Crippen molar-refractivity contribution in [3.8, 4) is 0 Å². The molecule has 0 atom stereocenters. The molecule has 1 aliphatic rings. The molecule has 15 heavy (non-hydrogen) atoms. The Labute approximate surface area is 89.6 Å². The number of carbonyl (C=O) groups excluding carboxylic acids is 1. The van der Waals surface area contributed by atoms with Gasteiger partial charge >= 0.3 is 6.03 Å². The van der Waals surface area contributed by atoms with Crippen molar-refractivity contribution >= 4 is 12.1 Å². The lowest BCUT2D eigenvalue weighted by atomic mass is 10.0. The van der Waals surface area contributed by atoms with Crippen LogP contribution in [0.5, 0.6) is 0 Å². The summed E-state index contributed by atoms with van der Waals surface area (Å²) in [7, 11) is 3.52. The molecule has 2 amide bonds. The quantitative estimate of drug-likeness (QED) is 0.632. The summed E-state index contributed by atoms with van der Waals surface area (Å²) in [5, 5.41) is 0. The SMILES string of the molecule is CN(C)C(=O)N1C=Cc2ccccc2C1. The van der Waals surface area contributed by atoms with Gasteiger partial charge < -0.3 is 4.90 Å². The maximum absolute atomic E-state index is 11.7. The van der Waals surface area contributed by atoms with Gasteiger partial charge in [-0.3, -0.25) is 4.90 Å². The van der Waals surface area contributed by atoms with Gasteiger partial charge in [0.1, 0.15) is 0 Å². The summed E-state index contributed by atoms with van der Waals surface area (Å²) >= 11 is 0. The third-order valence-electron chi connectivity index (χ3n) is 2.46. The predicted octanol–water partition coefficient (Wildman–Crippen LogP) is 2.15. The zero-order chi connectivity index (χ0) is 10.8. The van der Waals surface area contributed by atoms with E-state index < -0.39 is 0 Å². The van der Waals surface area contributed by atoms with Crippen molar-refractivity contribution in [1.29, 1.82) is 0 Å². The van der Waals surface area contributed by atoms with Gasteiger partial charge in [0, 0.05) is 20.3 Å². The second kappa shape index (κ2) is 3.77. The average Bonchev–Trinajstić information content (AvgIpc) is 2.27. The molecule has 0 aliphatic carbocycles. The molecule has 2 rings (SSSR count). The van der Waals surface area contributed by atoms with Gasteiger partial charge in [-0.15, -0.1) is 0 Å². The molecule has 0 spiro atoms. The van der Waals surface area contributed by atoms with Gasteiger partial charge in [0.15, 0.2) is 0 Å². The molecule has 1 aromatic carbocycles. The highest BCUT2D eigenvalue weighted by Gasteiger charge is 2.17. The Morgan fingerprint density at radius 3 is 2.80 bits per heavy atom. The molecule has 1 aliphatic heterocycles. The Hall–Kier alpha value is -1.77. The number of urea groups is 1. The van der Waals surface area contributed by atoms with Crippen LogP contribution in [0.4, 0.5) is 4.79 Å². The molecule has 0 N–H and O–H groups in total. The minimum absolute atomic E-state index is 0.0146. The minimum atomic E-state index is 0.0146. The lowest BCUT2D eigenvalue weighted by Gasteiger charge is -2.26. The van der Waals surface area contributed by atoms with Crippen LogP contribution >= 0.6 is 0 Å². The van der Waals surface area contributed by atoms with Gasteiger partial charge in [0.05, 0.1) is 6.54 Å². The molecule has 0 aromatic heterocycles. The van der Waals surface area contributed by atoms with Crippen molar-refractivity contribution in [2.75, 3.05) is 14.1 Å². The number of nitrogens with zero attached hydrogens (tertiary/aromatic N) is 2. The summed E-state index contributed by atoms with van der Waals surface area (Å²) < 4.78 is 0. The van der Waals surface area contributed by atoms with E-state index >= 15 is 0 Å². The number of benzene rings is 1. The number of hydrogen-bond acceptors (Lipinski definition) is 1. The van der Waals surface area contributed by atoms with Crippen molar-refractivity contribution in [2.45, 2.75) is 6.54 Å². The van der Waals surface area contributed by atoms with E-state index in [1.807, 2.05) is 24.4 Å². The normalized spacial score (nSPS) is 13.6. The zero-order valence-corrected chi connectivity index (χ0v) is 8.97. The first-order valence-electron chi connectivity index (χ1n) is 4.92. The van der Waals surface area contributed by atoms with Crippen LogP contribution in [0.2, 0.25) is 0 Å². The number of carbonyl (C=O) groups is 1. The minimum Gasteiger partial charge on any atom is -0.330 e. The molecular weight excluding hydrogens is 188 g/mol. The fourth-order valence-corrected chi connectivity index (χ4v) is 1.64. The second-order valence-electron chi connectivity index (χ2n) is 3.82. The van der Waals surface area contributed by atoms with E-state index in [1.165, 1.54) is 11.1 Å². The van der Waals surface area contributed by atoms with E-state index in [1.54, 1.807) is 23.9 Å². The van der Waals surface area contributed by atoms with Crippen LogP contribution in [-0.4, -0.2) is 29.9 Å². The van der Waals surface area contributed by atoms with E-state index in [-0.39, 0.29) is 6.03 Å². The summed E-state index contributed by atoms with van der Waals surface area (Å²) in [6, 6.07) is 8.13. The van der Waals surface area contributed by atoms with Gasteiger partial charge in [0.2, 0.25) is 0 Å². The van der Waals surface area contributed by atoms with Crippen molar-refractivity contribution in [2.24, 2.45) is 0 Å². The second-order valence-corrected chi connectivity index (χ2v) is 3.82. The van der Waals surface area contributed by atoms with Gasteiger partial charge in [0.25, 0.3) is 0 Å². The summed E-state index contributed by atoms with van der Waals surface area (Å²) in [6.45, 7) is 0.656. The van der Waals surface area contributed by atoms with E-state index in [9.17, 15) is 4.79 Å². The molecule has 0 bridgehead atoms. The van der Waals surface area contributed by atoms with Crippen LogP contribution in [-0.2, 0) is 6.54 Å². The van der Waals surface area contributed by atoms with Crippen molar-refractivity contribution in [1.82, 2.24) is 9.80 Å². The lowest BCUT2D eigenvalue weighted by molar-refractivity contribution is 0.186. The molecule has 1 heterocycles. The van der Waals surface area contributed by atoms with Gasteiger partial charge in [-0.1, -0.05) is 24.3 Å². The van der Waals surface area contributed by atoms with E-state index in [0.29, 0.717) is 6.54 Å². The van der Waals surface area contributed by atoms with Gasteiger partial charge in [-0.2, -0.15) is 0 Å². The molecule has 1 aromatic rings. The van der Waals surface area contributed by atoms with Gasteiger partial charge in [-0.25, -0.2) is 4.79 Å². The molecule has 78 valence electrons. The first-order chi connectivity index (χ1) is 7.18. The van der Waals surface area contributed by atoms with E-state index in [0.717, 1.165) is 0 Å². The Morgan fingerprint density at radius 2 is 2.07 bits per heavy atom. The Kier molecular flexibility index (Phi) is 2.46. The molecule has 0 saturated heterocycles. The molecule has 0 unspecified atom stereocenters. The predicted molar refractivity (Wildman–Crippen MR) is 60.1 cm³/mol. The molecule has 0 fully saturated rings. The fraction of sp³-hybridized carbons (Fsp3) is 0.250. The van der Waals surface area contributed by atoms with Crippen molar-refractivity contribution in [3.63, 3.8) is 0 Å². The Bertz CT molecular complexity index is 410. The summed E-state index contributed by atoms with van der Waals surface area (Å²) in [4.78, 5) is 15.0. The highest BCUT2D eigenvalue weighted by Crippen LogP contribution is 2.19. The summed E-state index contributed by atoms with van der Waals surface area (Å²) in [6.07, 6.45) is 3.81. The van der Waals surface area contributed by atoms with Crippen LogP contribution in [0, 0.1) is 0 Å². The van der Waals surface area contributed by atoms with Crippen molar-refractivity contribution < 1.29 is 4.79 Å². The zero-order valence-electron chi connectivity index (χ0n) is 8.97. The number of rotatable bonds is 0.